The lowest BCUT2D eigenvalue weighted by Gasteiger charge is -2.14. The quantitative estimate of drug-likeness (QED) is 0.744. The predicted octanol–water partition coefficient (Wildman–Crippen LogP) is 2.69. The van der Waals surface area contributed by atoms with Gasteiger partial charge in [0.15, 0.2) is 9.84 Å². The molecule has 0 spiro atoms. The first-order chi connectivity index (χ1) is 11.5. The smallest absolute Gasteiger partial charge is 0.188 e. The van der Waals surface area contributed by atoms with Crippen LogP contribution in [0.5, 0.6) is 0 Å². The molecule has 0 aliphatic rings. The highest BCUT2D eigenvalue weighted by molar-refractivity contribution is 7.91. The number of pyridine rings is 1. The number of benzene rings is 1. The summed E-state index contributed by atoms with van der Waals surface area (Å²) in [7, 11) is -3.68. The molecule has 124 valence electrons. The van der Waals surface area contributed by atoms with Crippen LogP contribution in [-0.2, 0) is 9.84 Å². The molecule has 5 nitrogen and oxygen atoms in total. The van der Waals surface area contributed by atoms with E-state index in [0.717, 1.165) is 0 Å². The Balaban J connectivity index is 2.00. The number of aromatic amines is 1. The van der Waals surface area contributed by atoms with E-state index < -0.39 is 15.1 Å². The van der Waals surface area contributed by atoms with E-state index in [1.807, 2.05) is 0 Å². The minimum absolute atomic E-state index is 0.0915. The van der Waals surface area contributed by atoms with Gasteiger partial charge < -0.3 is 10.7 Å². The molecule has 0 saturated carbocycles. The summed E-state index contributed by atoms with van der Waals surface area (Å²) in [6, 6.07) is 10.9. The van der Waals surface area contributed by atoms with Crippen molar-refractivity contribution in [2.75, 3.05) is 6.54 Å². The Morgan fingerprint density at radius 2 is 2.00 bits per heavy atom. The van der Waals surface area contributed by atoms with E-state index in [1.165, 1.54) is 24.5 Å². The lowest BCUT2D eigenvalue weighted by Crippen LogP contribution is -2.22. The summed E-state index contributed by atoms with van der Waals surface area (Å²) in [5, 5.41) is -0.932. The van der Waals surface area contributed by atoms with E-state index in [2.05, 4.69) is 9.97 Å². The number of nitrogens with one attached hydrogen (secondary N) is 1. The zero-order chi connectivity index (χ0) is 17.2. The maximum atomic E-state index is 13.9. The van der Waals surface area contributed by atoms with Crippen LogP contribution < -0.4 is 5.73 Å². The molecular formula is C17H16FN3O2S. The number of sulfone groups is 1. The largest absolute Gasteiger partial charge is 0.361 e. The molecule has 1 unspecified atom stereocenters. The van der Waals surface area contributed by atoms with E-state index >= 15 is 0 Å². The SMILES string of the molecule is NCC(c1c[nH]c(-c2ccccc2F)c1)S(=O)(=O)c1cccnc1. The Kier molecular flexibility index (Phi) is 4.46. The van der Waals surface area contributed by atoms with Crippen LogP contribution in [0.2, 0.25) is 0 Å². The van der Waals surface area contributed by atoms with E-state index in [-0.39, 0.29) is 17.3 Å². The Morgan fingerprint density at radius 3 is 2.67 bits per heavy atom. The van der Waals surface area contributed by atoms with Crippen LogP contribution in [0.4, 0.5) is 4.39 Å². The fraction of sp³-hybridized carbons (Fsp3) is 0.118. The molecule has 1 aromatic carbocycles. The molecule has 0 radical (unpaired) electrons. The van der Waals surface area contributed by atoms with Gasteiger partial charge in [0.25, 0.3) is 0 Å². The molecule has 2 aromatic heterocycles. The molecule has 0 amide bonds. The first kappa shape index (κ1) is 16.4. The summed E-state index contributed by atoms with van der Waals surface area (Å²) in [4.78, 5) is 6.88. The van der Waals surface area contributed by atoms with Crippen LogP contribution in [0, 0.1) is 5.82 Å². The van der Waals surface area contributed by atoms with Gasteiger partial charge in [-0.25, -0.2) is 12.8 Å². The summed E-state index contributed by atoms with van der Waals surface area (Å²) >= 11 is 0. The molecule has 7 heteroatoms. The number of halogens is 1. The van der Waals surface area contributed by atoms with Crippen molar-refractivity contribution in [2.45, 2.75) is 10.1 Å². The minimum atomic E-state index is -3.68. The normalized spacial score (nSPS) is 12.9. The maximum absolute atomic E-state index is 13.9. The molecule has 3 aromatic rings. The fourth-order valence-corrected chi connectivity index (χ4v) is 4.11. The molecular weight excluding hydrogens is 329 g/mol. The zero-order valence-electron chi connectivity index (χ0n) is 12.7. The third-order valence-corrected chi connectivity index (χ3v) is 5.91. The Bertz CT molecular complexity index is 939. The minimum Gasteiger partial charge on any atom is -0.361 e. The second-order valence-corrected chi connectivity index (χ2v) is 7.42. The van der Waals surface area contributed by atoms with Crippen LogP contribution in [0.3, 0.4) is 0 Å². The van der Waals surface area contributed by atoms with Crippen molar-refractivity contribution in [3.8, 4) is 11.3 Å². The summed E-state index contributed by atoms with van der Waals surface area (Å²) < 4.78 is 39.4. The average Bonchev–Trinajstić information content (AvgIpc) is 3.06. The number of hydrogen-bond acceptors (Lipinski definition) is 4. The van der Waals surface area contributed by atoms with Gasteiger partial charge in [-0.1, -0.05) is 12.1 Å². The van der Waals surface area contributed by atoms with Crippen LogP contribution in [-0.4, -0.2) is 24.9 Å². The van der Waals surface area contributed by atoms with Gasteiger partial charge in [0.2, 0.25) is 0 Å². The van der Waals surface area contributed by atoms with Gasteiger partial charge in [0.1, 0.15) is 11.1 Å². The summed E-state index contributed by atoms with van der Waals surface area (Å²) in [5.74, 6) is -0.384. The lowest BCUT2D eigenvalue weighted by molar-refractivity contribution is 0.582. The Morgan fingerprint density at radius 1 is 1.21 bits per heavy atom. The first-order valence-electron chi connectivity index (χ1n) is 7.31. The van der Waals surface area contributed by atoms with Crippen molar-refractivity contribution in [3.63, 3.8) is 0 Å². The highest BCUT2D eigenvalue weighted by Crippen LogP contribution is 2.31. The van der Waals surface area contributed by atoms with Gasteiger partial charge in [0.05, 0.1) is 4.90 Å². The van der Waals surface area contributed by atoms with Crippen molar-refractivity contribution in [1.29, 1.82) is 0 Å². The number of nitrogens with two attached hydrogens (primary N) is 1. The van der Waals surface area contributed by atoms with E-state index in [4.69, 9.17) is 5.73 Å². The fourth-order valence-electron chi connectivity index (χ4n) is 2.55. The number of nitrogens with zero attached hydrogens (tertiary/aromatic N) is 1. The molecule has 24 heavy (non-hydrogen) atoms. The average molecular weight is 345 g/mol. The van der Waals surface area contributed by atoms with Gasteiger partial charge in [0, 0.05) is 36.4 Å². The van der Waals surface area contributed by atoms with Crippen molar-refractivity contribution in [1.82, 2.24) is 9.97 Å². The van der Waals surface area contributed by atoms with Gasteiger partial charge in [-0.2, -0.15) is 0 Å². The van der Waals surface area contributed by atoms with E-state index in [9.17, 15) is 12.8 Å². The molecule has 0 bridgehead atoms. The second-order valence-electron chi connectivity index (χ2n) is 5.28. The topological polar surface area (TPSA) is 88.8 Å². The van der Waals surface area contributed by atoms with Gasteiger partial charge in [-0.15, -0.1) is 0 Å². The molecule has 2 heterocycles. The van der Waals surface area contributed by atoms with Crippen molar-refractivity contribution in [2.24, 2.45) is 5.73 Å². The standard InChI is InChI=1S/C17H16FN3O2S/c18-15-6-2-1-5-14(15)16-8-12(10-21-16)17(9-19)24(22,23)13-4-3-7-20-11-13/h1-8,10-11,17,21H,9,19H2. The highest BCUT2D eigenvalue weighted by Gasteiger charge is 2.29. The predicted molar refractivity (Wildman–Crippen MR) is 89.4 cm³/mol. The molecule has 3 rings (SSSR count). The van der Waals surface area contributed by atoms with Crippen LogP contribution in [0.15, 0.2) is 66.0 Å². The van der Waals surface area contributed by atoms with Crippen LogP contribution in [0.1, 0.15) is 10.8 Å². The summed E-state index contributed by atoms with van der Waals surface area (Å²) in [6.07, 6.45) is 4.35. The van der Waals surface area contributed by atoms with Crippen molar-refractivity contribution in [3.05, 3.63) is 72.4 Å². The molecule has 0 fully saturated rings. The van der Waals surface area contributed by atoms with E-state index in [1.54, 1.807) is 36.5 Å². The van der Waals surface area contributed by atoms with Gasteiger partial charge in [-0.3, -0.25) is 4.98 Å². The number of aromatic nitrogens is 2. The second kappa shape index (κ2) is 6.54. The molecule has 1 atom stereocenters. The number of rotatable bonds is 5. The highest BCUT2D eigenvalue weighted by atomic mass is 32.2. The Hall–Kier alpha value is -2.51. The van der Waals surface area contributed by atoms with Crippen molar-refractivity contribution < 1.29 is 12.8 Å². The van der Waals surface area contributed by atoms with Gasteiger partial charge >= 0.3 is 0 Å². The summed E-state index contributed by atoms with van der Waals surface area (Å²) in [6.45, 7) is -0.0915. The molecule has 3 N–H and O–H groups in total. The molecule has 0 aliphatic heterocycles. The molecule has 0 saturated heterocycles. The maximum Gasteiger partial charge on any atom is 0.188 e. The molecule has 0 aliphatic carbocycles. The summed E-state index contributed by atoms with van der Waals surface area (Å²) in [5.41, 5.74) is 7.08. The Labute approximate surface area is 139 Å². The van der Waals surface area contributed by atoms with Crippen LogP contribution in [0.25, 0.3) is 11.3 Å². The van der Waals surface area contributed by atoms with Crippen molar-refractivity contribution >= 4 is 9.84 Å². The lowest BCUT2D eigenvalue weighted by atomic mass is 10.1. The third kappa shape index (κ3) is 2.95. The van der Waals surface area contributed by atoms with Crippen LogP contribution >= 0.6 is 0 Å². The van der Waals surface area contributed by atoms with Gasteiger partial charge in [-0.05, 0) is 35.9 Å². The first-order valence-corrected chi connectivity index (χ1v) is 8.86. The number of hydrogen-bond donors (Lipinski definition) is 2. The zero-order valence-corrected chi connectivity index (χ0v) is 13.5. The third-order valence-electron chi connectivity index (χ3n) is 3.79. The monoisotopic (exact) mass is 345 g/mol. The van der Waals surface area contributed by atoms with E-state index in [0.29, 0.717) is 16.8 Å². The number of H-pyrrole nitrogens is 1.